The van der Waals surface area contributed by atoms with E-state index in [-0.39, 0.29) is 12.5 Å². The number of rotatable bonds is 8. The van der Waals surface area contributed by atoms with Crippen molar-refractivity contribution in [2.24, 2.45) is 12.0 Å². The second-order valence-corrected chi connectivity index (χ2v) is 7.29. The third kappa shape index (κ3) is 7.09. The van der Waals surface area contributed by atoms with Crippen LogP contribution in [0, 0.1) is 0 Å². The van der Waals surface area contributed by atoms with Crippen LogP contribution in [0.2, 0.25) is 0 Å². The Balaban J connectivity index is 1.85. The number of aliphatic imine (C=N–C) groups is 1. The van der Waals surface area contributed by atoms with E-state index in [1.54, 1.807) is 0 Å². The van der Waals surface area contributed by atoms with Crippen LogP contribution in [0.1, 0.15) is 18.2 Å². The fraction of sp³-hybridized carbons (Fsp3) is 0.400. The van der Waals surface area contributed by atoms with Crippen molar-refractivity contribution in [1.29, 1.82) is 0 Å². The van der Waals surface area contributed by atoms with Gasteiger partial charge in [0.15, 0.2) is 5.96 Å². The Morgan fingerprint density at radius 3 is 2.63 bits per heavy atom. The number of halogens is 1. The molecule has 1 aromatic carbocycles. The summed E-state index contributed by atoms with van der Waals surface area (Å²) in [6.45, 7) is 4.18. The van der Waals surface area contributed by atoms with Gasteiger partial charge < -0.3 is 20.1 Å². The molecule has 0 aliphatic carbocycles. The molecule has 2 rings (SSSR count). The van der Waals surface area contributed by atoms with Gasteiger partial charge in [-0.2, -0.15) is 0 Å². The summed E-state index contributed by atoms with van der Waals surface area (Å²) in [6.07, 6.45) is 2.84. The van der Waals surface area contributed by atoms with Crippen molar-refractivity contribution in [3.05, 3.63) is 58.3 Å². The van der Waals surface area contributed by atoms with E-state index in [0.717, 1.165) is 23.1 Å². The lowest BCUT2D eigenvalue weighted by atomic mass is 10.1. The van der Waals surface area contributed by atoms with Crippen LogP contribution in [-0.2, 0) is 24.8 Å². The number of nitrogens with one attached hydrogen (secondary N) is 2. The van der Waals surface area contributed by atoms with Crippen LogP contribution in [0.4, 0.5) is 0 Å². The van der Waals surface area contributed by atoms with E-state index in [2.05, 4.69) is 54.3 Å². The predicted molar refractivity (Wildman–Crippen MR) is 114 cm³/mol. The van der Waals surface area contributed by atoms with E-state index in [9.17, 15) is 4.79 Å². The second kappa shape index (κ2) is 10.8. The molecule has 6 nitrogen and oxygen atoms in total. The number of benzene rings is 1. The number of hydrogen-bond donors (Lipinski definition) is 2. The third-order valence-corrected chi connectivity index (χ3v) is 4.55. The van der Waals surface area contributed by atoms with E-state index in [4.69, 9.17) is 0 Å². The topological polar surface area (TPSA) is 61.7 Å². The van der Waals surface area contributed by atoms with Crippen LogP contribution < -0.4 is 10.6 Å². The number of carbonyl (C=O) groups excluding carboxylic acids is 1. The van der Waals surface area contributed by atoms with Crippen LogP contribution in [0.5, 0.6) is 0 Å². The van der Waals surface area contributed by atoms with Crippen LogP contribution in [0.25, 0.3) is 0 Å². The molecule has 146 valence electrons. The van der Waals surface area contributed by atoms with Gasteiger partial charge in [0.05, 0.1) is 6.54 Å². The van der Waals surface area contributed by atoms with E-state index in [1.165, 1.54) is 5.56 Å². The Morgan fingerprint density at radius 2 is 2.00 bits per heavy atom. The van der Waals surface area contributed by atoms with Gasteiger partial charge in [-0.1, -0.05) is 30.3 Å². The van der Waals surface area contributed by atoms with Gasteiger partial charge in [0.1, 0.15) is 6.54 Å². The van der Waals surface area contributed by atoms with Gasteiger partial charge in [0.2, 0.25) is 5.91 Å². The lowest BCUT2D eigenvalue weighted by Crippen LogP contribution is -2.40. The number of aryl methyl sites for hydroxylation is 1. The Bertz CT molecular complexity index is 757. The molecule has 1 amide bonds. The Labute approximate surface area is 169 Å². The van der Waals surface area contributed by atoms with Crippen molar-refractivity contribution in [3.63, 3.8) is 0 Å². The van der Waals surface area contributed by atoms with Gasteiger partial charge in [-0.3, -0.25) is 4.79 Å². The summed E-state index contributed by atoms with van der Waals surface area (Å²) < 4.78 is 3.12. The number of guanidine groups is 1. The van der Waals surface area contributed by atoms with Gasteiger partial charge >= 0.3 is 0 Å². The van der Waals surface area contributed by atoms with Crippen molar-refractivity contribution in [2.45, 2.75) is 19.9 Å². The molecule has 0 aliphatic heterocycles. The van der Waals surface area contributed by atoms with Gasteiger partial charge in [-0.05, 0) is 40.9 Å². The summed E-state index contributed by atoms with van der Waals surface area (Å²) >= 11 is 3.49. The molecule has 2 N–H and O–H groups in total. The van der Waals surface area contributed by atoms with Crippen molar-refractivity contribution in [2.75, 3.05) is 26.7 Å². The molecule has 0 spiro atoms. The van der Waals surface area contributed by atoms with Gasteiger partial charge in [-0.15, -0.1) is 0 Å². The zero-order chi connectivity index (χ0) is 19.6. The zero-order valence-electron chi connectivity index (χ0n) is 16.2. The van der Waals surface area contributed by atoms with Crippen molar-refractivity contribution < 1.29 is 4.79 Å². The minimum Gasteiger partial charge on any atom is -0.357 e. The average Bonchev–Trinajstić information content (AvgIpc) is 2.96. The summed E-state index contributed by atoms with van der Waals surface area (Å²) in [4.78, 5) is 18.6. The average molecular weight is 434 g/mol. The van der Waals surface area contributed by atoms with Crippen LogP contribution in [-0.4, -0.2) is 48.0 Å². The standard InChI is InChI=1S/C20H28BrN5O/c1-4-22-20(26(3)15-18-12-17(21)14-25(18)2)24-13-19(27)23-11-10-16-8-6-5-7-9-16/h5-9,12,14H,4,10-11,13,15H2,1-3H3,(H,22,24)(H,23,27). The first kappa shape index (κ1) is 21.0. The molecule has 27 heavy (non-hydrogen) atoms. The van der Waals surface area contributed by atoms with Crippen molar-refractivity contribution >= 4 is 27.8 Å². The fourth-order valence-electron chi connectivity index (χ4n) is 2.70. The van der Waals surface area contributed by atoms with Crippen LogP contribution >= 0.6 is 15.9 Å². The van der Waals surface area contributed by atoms with E-state index >= 15 is 0 Å². The van der Waals surface area contributed by atoms with Gasteiger partial charge in [0.25, 0.3) is 0 Å². The Hall–Kier alpha value is -2.28. The summed E-state index contributed by atoms with van der Waals surface area (Å²) in [5, 5.41) is 6.17. The zero-order valence-corrected chi connectivity index (χ0v) is 17.8. The molecule has 0 radical (unpaired) electrons. The number of hydrogen-bond acceptors (Lipinski definition) is 2. The van der Waals surface area contributed by atoms with Crippen molar-refractivity contribution in [3.8, 4) is 0 Å². The number of nitrogens with zero attached hydrogens (tertiary/aromatic N) is 3. The largest absolute Gasteiger partial charge is 0.357 e. The minimum absolute atomic E-state index is 0.0728. The van der Waals surface area contributed by atoms with E-state index in [1.807, 2.05) is 50.3 Å². The summed E-state index contributed by atoms with van der Waals surface area (Å²) in [7, 11) is 3.98. The highest BCUT2D eigenvalue weighted by atomic mass is 79.9. The Kier molecular flexibility index (Phi) is 8.39. The highest BCUT2D eigenvalue weighted by molar-refractivity contribution is 9.10. The molecule has 0 aliphatic rings. The maximum atomic E-state index is 12.1. The molecule has 0 saturated carbocycles. The molecule has 0 fully saturated rings. The fourth-order valence-corrected chi connectivity index (χ4v) is 3.28. The Morgan fingerprint density at radius 1 is 1.26 bits per heavy atom. The van der Waals surface area contributed by atoms with Gasteiger partial charge in [0, 0.05) is 43.5 Å². The minimum atomic E-state index is -0.0728. The third-order valence-electron chi connectivity index (χ3n) is 4.12. The monoisotopic (exact) mass is 433 g/mol. The molecule has 0 unspecified atom stereocenters. The smallest absolute Gasteiger partial charge is 0.241 e. The first-order valence-electron chi connectivity index (χ1n) is 9.10. The maximum Gasteiger partial charge on any atom is 0.241 e. The molecule has 0 atom stereocenters. The maximum absolute atomic E-state index is 12.1. The SMILES string of the molecule is CCNC(=NCC(=O)NCCc1ccccc1)N(C)Cc1cc(Br)cn1C. The first-order valence-corrected chi connectivity index (χ1v) is 9.89. The number of amides is 1. The first-order chi connectivity index (χ1) is 13.0. The lowest BCUT2D eigenvalue weighted by molar-refractivity contribution is -0.119. The molecular formula is C20H28BrN5O. The molecule has 2 aromatic rings. The van der Waals surface area contributed by atoms with Crippen LogP contribution in [0.3, 0.4) is 0 Å². The number of carbonyl (C=O) groups is 1. The van der Waals surface area contributed by atoms with Gasteiger partial charge in [-0.25, -0.2) is 4.99 Å². The second-order valence-electron chi connectivity index (χ2n) is 6.37. The van der Waals surface area contributed by atoms with E-state index in [0.29, 0.717) is 19.0 Å². The normalized spacial score (nSPS) is 11.3. The van der Waals surface area contributed by atoms with E-state index < -0.39 is 0 Å². The van der Waals surface area contributed by atoms with Crippen LogP contribution in [0.15, 0.2) is 52.1 Å². The summed E-state index contributed by atoms with van der Waals surface area (Å²) in [5.41, 5.74) is 2.37. The quantitative estimate of drug-likeness (QED) is 0.496. The highest BCUT2D eigenvalue weighted by Gasteiger charge is 2.10. The summed E-state index contributed by atoms with van der Waals surface area (Å²) in [5.74, 6) is 0.643. The number of aromatic nitrogens is 1. The molecule has 7 heteroatoms. The highest BCUT2D eigenvalue weighted by Crippen LogP contribution is 2.14. The molecular weight excluding hydrogens is 406 g/mol. The molecule has 1 heterocycles. The lowest BCUT2D eigenvalue weighted by Gasteiger charge is -2.22. The molecule has 0 bridgehead atoms. The van der Waals surface area contributed by atoms with Crippen molar-refractivity contribution in [1.82, 2.24) is 20.1 Å². The predicted octanol–water partition coefficient (Wildman–Crippen LogP) is 2.54. The molecule has 1 aromatic heterocycles. The molecule has 0 saturated heterocycles. The summed E-state index contributed by atoms with van der Waals surface area (Å²) in [6, 6.07) is 12.2.